The molecular formula is C22H19F2NO3S. The number of ketones is 1. The third-order valence-corrected chi connectivity index (χ3v) is 6.49. The lowest BCUT2D eigenvalue weighted by atomic mass is 9.72. The number of thiophene rings is 1. The number of halogens is 2. The minimum Gasteiger partial charge on any atom is -0.466 e. The van der Waals surface area contributed by atoms with Crippen LogP contribution in [0.3, 0.4) is 0 Å². The molecule has 4 nitrogen and oxygen atoms in total. The maximum Gasteiger partial charge on any atom is 0.336 e. The number of carbonyl (C=O) groups excluding carboxylic acids is 2. The number of Topliss-reactive ketones (excluding diaryl/α,β-unsaturated/α-hetero) is 1. The molecular weight excluding hydrogens is 396 g/mol. The summed E-state index contributed by atoms with van der Waals surface area (Å²) >= 11 is 1.60. The molecule has 1 aliphatic carbocycles. The van der Waals surface area contributed by atoms with Gasteiger partial charge in [-0.05, 0) is 42.5 Å². The van der Waals surface area contributed by atoms with Crippen molar-refractivity contribution in [3.63, 3.8) is 0 Å². The van der Waals surface area contributed by atoms with E-state index in [1.54, 1.807) is 18.3 Å². The summed E-state index contributed by atoms with van der Waals surface area (Å²) in [6.45, 7) is 1.72. The zero-order chi connectivity index (χ0) is 20.7. The van der Waals surface area contributed by atoms with Crippen LogP contribution < -0.4 is 5.32 Å². The summed E-state index contributed by atoms with van der Waals surface area (Å²) in [4.78, 5) is 26.8. The Kier molecular flexibility index (Phi) is 5.08. The molecule has 2 aromatic rings. The Morgan fingerprint density at radius 2 is 2.00 bits per heavy atom. The van der Waals surface area contributed by atoms with Gasteiger partial charge in [0.25, 0.3) is 0 Å². The van der Waals surface area contributed by atoms with Gasteiger partial charge >= 0.3 is 5.97 Å². The van der Waals surface area contributed by atoms with Crippen molar-refractivity contribution >= 4 is 23.1 Å². The van der Waals surface area contributed by atoms with E-state index in [0.29, 0.717) is 29.7 Å². The summed E-state index contributed by atoms with van der Waals surface area (Å²) < 4.78 is 32.4. The number of nitrogens with one attached hydrogen (secondary N) is 1. The Morgan fingerprint density at radius 1 is 1.21 bits per heavy atom. The largest absolute Gasteiger partial charge is 0.466 e. The number of carbonyl (C=O) groups is 2. The number of methoxy groups -OCH3 is 1. The SMILES string of the molecule is COC(=O)C1=C(C)NC2=C(C(=O)C[C@H](c3cccs3)C2)[C@H]1c1ccc(F)c(F)c1. The first-order valence-corrected chi connectivity index (χ1v) is 10.1. The quantitative estimate of drug-likeness (QED) is 0.747. The van der Waals surface area contributed by atoms with Gasteiger partial charge in [0, 0.05) is 40.1 Å². The maximum absolute atomic E-state index is 14.0. The molecule has 1 N–H and O–H groups in total. The van der Waals surface area contributed by atoms with E-state index in [9.17, 15) is 18.4 Å². The number of benzene rings is 1. The van der Waals surface area contributed by atoms with Crippen molar-refractivity contribution in [3.05, 3.63) is 80.3 Å². The summed E-state index contributed by atoms with van der Waals surface area (Å²) in [5, 5.41) is 5.18. The first-order chi connectivity index (χ1) is 13.9. The van der Waals surface area contributed by atoms with Crippen LogP contribution in [0.15, 0.2) is 58.3 Å². The first kappa shape index (κ1) is 19.5. The van der Waals surface area contributed by atoms with E-state index in [1.165, 1.54) is 13.2 Å². The van der Waals surface area contributed by atoms with E-state index in [-0.39, 0.29) is 17.3 Å². The van der Waals surface area contributed by atoms with Crippen LogP contribution >= 0.6 is 11.3 Å². The molecule has 0 unspecified atom stereocenters. The van der Waals surface area contributed by atoms with Crippen LogP contribution in [0.5, 0.6) is 0 Å². The van der Waals surface area contributed by atoms with Crippen LogP contribution in [-0.4, -0.2) is 18.9 Å². The zero-order valence-electron chi connectivity index (χ0n) is 15.9. The Hall–Kier alpha value is -2.80. The van der Waals surface area contributed by atoms with Crippen molar-refractivity contribution in [2.45, 2.75) is 31.6 Å². The van der Waals surface area contributed by atoms with E-state index < -0.39 is 23.5 Å². The molecule has 1 aromatic carbocycles. The third-order valence-electron chi connectivity index (χ3n) is 5.46. The van der Waals surface area contributed by atoms with Gasteiger partial charge in [0.05, 0.1) is 12.7 Å². The van der Waals surface area contributed by atoms with E-state index >= 15 is 0 Å². The van der Waals surface area contributed by atoms with E-state index in [2.05, 4.69) is 5.32 Å². The van der Waals surface area contributed by atoms with Gasteiger partial charge in [0.2, 0.25) is 0 Å². The van der Waals surface area contributed by atoms with Crippen molar-refractivity contribution in [1.82, 2.24) is 5.32 Å². The summed E-state index contributed by atoms with van der Waals surface area (Å²) in [5.41, 5.74) is 2.28. The van der Waals surface area contributed by atoms with Gasteiger partial charge in [0.15, 0.2) is 17.4 Å². The fourth-order valence-corrected chi connectivity index (χ4v) is 5.00. The molecule has 2 aliphatic rings. The lowest BCUT2D eigenvalue weighted by Gasteiger charge is -2.36. The Balaban J connectivity index is 1.84. The second-order valence-electron chi connectivity index (χ2n) is 7.20. The lowest BCUT2D eigenvalue weighted by Crippen LogP contribution is -2.35. The highest BCUT2D eigenvalue weighted by atomic mass is 32.1. The molecule has 150 valence electrons. The minimum atomic E-state index is -1.02. The van der Waals surface area contributed by atoms with Gasteiger partial charge in [-0.15, -0.1) is 11.3 Å². The van der Waals surface area contributed by atoms with Crippen LogP contribution in [0.25, 0.3) is 0 Å². The molecule has 0 fully saturated rings. The van der Waals surface area contributed by atoms with Gasteiger partial charge in [0.1, 0.15) is 0 Å². The molecule has 2 atom stereocenters. The van der Waals surface area contributed by atoms with E-state index in [1.807, 2.05) is 17.5 Å². The Labute approximate surface area is 170 Å². The molecule has 1 aromatic heterocycles. The fraction of sp³-hybridized carbons (Fsp3) is 0.273. The fourth-order valence-electron chi connectivity index (χ4n) is 4.17. The van der Waals surface area contributed by atoms with E-state index in [4.69, 9.17) is 4.74 Å². The second kappa shape index (κ2) is 7.55. The molecule has 0 bridgehead atoms. The molecule has 7 heteroatoms. The van der Waals surface area contributed by atoms with Crippen LogP contribution in [0.2, 0.25) is 0 Å². The van der Waals surface area contributed by atoms with Gasteiger partial charge in [-0.3, -0.25) is 4.79 Å². The average Bonchev–Trinajstić information content (AvgIpc) is 3.23. The maximum atomic E-state index is 14.0. The number of hydrogen-bond donors (Lipinski definition) is 1. The van der Waals surface area contributed by atoms with Gasteiger partial charge < -0.3 is 10.1 Å². The van der Waals surface area contributed by atoms with Crippen molar-refractivity contribution in [3.8, 4) is 0 Å². The van der Waals surface area contributed by atoms with Crippen molar-refractivity contribution in [1.29, 1.82) is 0 Å². The predicted molar refractivity (Wildman–Crippen MR) is 105 cm³/mol. The summed E-state index contributed by atoms with van der Waals surface area (Å²) in [6.07, 6.45) is 0.905. The average molecular weight is 415 g/mol. The molecule has 0 spiro atoms. The first-order valence-electron chi connectivity index (χ1n) is 9.21. The van der Waals surface area contributed by atoms with Crippen LogP contribution in [0.1, 0.15) is 42.0 Å². The van der Waals surface area contributed by atoms with Crippen LogP contribution in [-0.2, 0) is 14.3 Å². The molecule has 0 amide bonds. The number of esters is 1. The van der Waals surface area contributed by atoms with E-state index in [0.717, 1.165) is 22.7 Å². The lowest BCUT2D eigenvalue weighted by molar-refractivity contribution is -0.136. The van der Waals surface area contributed by atoms with Gasteiger partial charge in [-0.25, -0.2) is 13.6 Å². The summed E-state index contributed by atoms with van der Waals surface area (Å²) in [7, 11) is 1.25. The normalized spacial score (nSPS) is 21.7. The van der Waals surface area contributed by atoms with Crippen LogP contribution in [0, 0.1) is 11.6 Å². The number of hydrogen-bond acceptors (Lipinski definition) is 5. The molecule has 0 radical (unpaired) electrons. The van der Waals surface area contributed by atoms with Crippen molar-refractivity contribution < 1.29 is 23.1 Å². The molecule has 2 heterocycles. The van der Waals surface area contributed by atoms with Crippen molar-refractivity contribution in [2.24, 2.45) is 0 Å². The Bertz CT molecular complexity index is 1060. The molecule has 29 heavy (non-hydrogen) atoms. The third kappa shape index (κ3) is 3.40. The summed E-state index contributed by atoms with van der Waals surface area (Å²) in [6, 6.07) is 7.43. The molecule has 0 saturated carbocycles. The Morgan fingerprint density at radius 3 is 2.66 bits per heavy atom. The number of allylic oxidation sites excluding steroid dienone is 3. The monoisotopic (exact) mass is 415 g/mol. The second-order valence-corrected chi connectivity index (χ2v) is 8.18. The van der Waals surface area contributed by atoms with Crippen LogP contribution in [0.4, 0.5) is 8.78 Å². The number of rotatable bonds is 3. The smallest absolute Gasteiger partial charge is 0.336 e. The molecule has 4 rings (SSSR count). The molecule has 1 aliphatic heterocycles. The predicted octanol–water partition coefficient (Wildman–Crippen LogP) is 4.56. The standard InChI is InChI=1S/C22H19F2NO3S/c1-11-19(22(27)28-2)20(12-5-6-14(23)15(24)8-12)21-16(25-11)9-13(10-17(21)26)18-4-3-7-29-18/h3-8,13,20,25H,9-10H2,1-2H3/t13-,20+/m1/s1. The molecule has 0 saturated heterocycles. The highest BCUT2D eigenvalue weighted by Gasteiger charge is 2.41. The number of dihydropyridines is 1. The zero-order valence-corrected chi connectivity index (χ0v) is 16.7. The summed E-state index contributed by atoms with van der Waals surface area (Å²) in [5.74, 6) is -3.47. The number of ether oxygens (including phenoxy) is 1. The highest BCUT2D eigenvalue weighted by Crippen LogP contribution is 2.46. The van der Waals surface area contributed by atoms with Gasteiger partial charge in [-0.2, -0.15) is 0 Å². The highest BCUT2D eigenvalue weighted by molar-refractivity contribution is 7.10. The topological polar surface area (TPSA) is 55.4 Å². The van der Waals surface area contributed by atoms with Gasteiger partial charge in [-0.1, -0.05) is 12.1 Å². The van der Waals surface area contributed by atoms with Crippen molar-refractivity contribution in [2.75, 3.05) is 7.11 Å². The minimum absolute atomic E-state index is 0.0480.